The van der Waals surface area contributed by atoms with Crippen LogP contribution in [0.15, 0.2) is 45.6 Å². The van der Waals surface area contributed by atoms with Gasteiger partial charge in [-0.1, -0.05) is 11.6 Å². The highest BCUT2D eigenvalue weighted by atomic mass is 35.5. The predicted octanol–water partition coefficient (Wildman–Crippen LogP) is 2.59. The first kappa shape index (κ1) is 13.4. The first-order valence-electron chi connectivity index (χ1n) is 5.73. The number of ketones is 1. The van der Waals surface area contributed by atoms with E-state index in [2.05, 4.69) is 4.99 Å². The molecule has 0 amide bonds. The number of aryl methyl sites for hydroxylation is 1. The van der Waals surface area contributed by atoms with Crippen LogP contribution in [0.4, 0.5) is 11.4 Å². The van der Waals surface area contributed by atoms with E-state index >= 15 is 0 Å². The fraction of sp³-hybridized carbons (Fsp3) is 0.143. The molecule has 0 heterocycles. The third kappa shape index (κ3) is 2.53. The summed E-state index contributed by atoms with van der Waals surface area (Å²) in [6, 6.07) is 5.39. The molecule has 0 atom stereocenters. The molecule has 1 aliphatic rings. The van der Waals surface area contributed by atoms with E-state index in [4.69, 9.17) is 23.1 Å². The average Bonchev–Trinajstić information content (AvgIpc) is 2.36. The molecule has 0 saturated carbocycles. The zero-order valence-electron chi connectivity index (χ0n) is 10.7. The van der Waals surface area contributed by atoms with E-state index in [0.29, 0.717) is 17.0 Å². The van der Waals surface area contributed by atoms with E-state index in [-0.39, 0.29) is 16.5 Å². The topological polar surface area (TPSA) is 81.5 Å². The van der Waals surface area contributed by atoms with Crippen molar-refractivity contribution in [2.75, 3.05) is 5.73 Å². The molecule has 0 fully saturated rings. The molecule has 2 rings (SSSR count). The van der Waals surface area contributed by atoms with E-state index in [1.165, 1.54) is 0 Å². The highest BCUT2D eigenvalue weighted by Gasteiger charge is 2.21. The van der Waals surface area contributed by atoms with E-state index < -0.39 is 0 Å². The summed E-state index contributed by atoms with van der Waals surface area (Å²) in [6.07, 6.45) is 1.64. The van der Waals surface area contributed by atoms with Crippen molar-refractivity contribution in [3.63, 3.8) is 0 Å². The number of allylic oxidation sites excluding steroid dienone is 3. The maximum atomic E-state index is 11.6. The second-order valence-corrected chi connectivity index (χ2v) is 4.81. The van der Waals surface area contributed by atoms with E-state index in [9.17, 15) is 4.79 Å². The lowest BCUT2D eigenvalue weighted by molar-refractivity contribution is -0.111. The maximum Gasteiger partial charge on any atom is 0.202 e. The highest BCUT2D eigenvalue weighted by molar-refractivity contribution is 6.49. The van der Waals surface area contributed by atoms with Gasteiger partial charge in [-0.3, -0.25) is 4.79 Å². The van der Waals surface area contributed by atoms with Crippen LogP contribution in [0.5, 0.6) is 0 Å². The fourth-order valence-electron chi connectivity index (χ4n) is 1.78. The van der Waals surface area contributed by atoms with Crippen molar-refractivity contribution in [2.45, 2.75) is 13.8 Å². The summed E-state index contributed by atoms with van der Waals surface area (Å²) >= 11 is 5.90. The Kier molecular flexibility index (Phi) is 3.44. The van der Waals surface area contributed by atoms with Gasteiger partial charge in [0.15, 0.2) is 0 Å². The minimum atomic E-state index is -0.257. The maximum absolute atomic E-state index is 11.6. The van der Waals surface area contributed by atoms with Gasteiger partial charge in [-0.25, -0.2) is 4.99 Å². The molecule has 0 spiro atoms. The quantitative estimate of drug-likeness (QED) is 0.610. The standard InChI is InChI=1S/C14H14ClN3O/c1-7-5-9(16)3-4-10(7)18-11-6-8(2)14(19)12(15)13(11)17/h3-6H,16-17H2,1-2H3. The molecule has 1 aliphatic carbocycles. The number of nitrogens with two attached hydrogens (primary N) is 2. The predicted molar refractivity (Wildman–Crippen MR) is 78.5 cm³/mol. The van der Waals surface area contributed by atoms with Crippen molar-refractivity contribution in [1.29, 1.82) is 0 Å². The zero-order chi connectivity index (χ0) is 14.2. The van der Waals surface area contributed by atoms with Gasteiger partial charge in [0.2, 0.25) is 5.78 Å². The number of hydrogen-bond donors (Lipinski definition) is 2. The van der Waals surface area contributed by atoms with Crippen LogP contribution in [0.3, 0.4) is 0 Å². The fourth-order valence-corrected chi connectivity index (χ4v) is 2.03. The zero-order valence-corrected chi connectivity index (χ0v) is 11.5. The largest absolute Gasteiger partial charge is 0.399 e. The summed E-state index contributed by atoms with van der Waals surface area (Å²) in [5.74, 6) is -0.257. The second-order valence-electron chi connectivity index (χ2n) is 4.43. The minimum Gasteiger partial charge on any atom is -0.399 e. The van der Waals surface area contributed by atoms with Crippen LogP contribution >= 0.6 is 11.6 Å². The molecule has 0 radical (unpaired) electrons. The number of nitrogen functional groups attached to an aromatic ring is 1. The van der Waals surface area contributed by atoms with Gasteiger partial charge in [0.25, 0.3) is 0 Å². The Bertz CT molecular complexity index is 657. The van der Waals surface area contributed by atoms with Crippen molar-refractivity contribution < 1.29 is 4.79 Å². The van der Waals surface area contributed by atoms with Gasteiger partial charge in [0.1, 0.15) is 5.03 Å². The molecule has 5 heteroatoms. The Morgan fingerprint density at radius 2 is 1.89 bits per heavy atom. The molecule has 19 heavy (non-hydrogen) atoms. The molecule has 0 bridgehead atoms. The first-order chi connectivity index (χ1) is 8.90. The van der Waals surface area contributed by atoms with Crippen molar-refractivity contribution in [2.24, 2.45) is 10.7 Å². The number of rotatable bonds is 1. The normalized spacial score (nSPS) is 17.9. The van der Waals surface area contributed by atoms with E-state index in [1.807, 2.05) is 13.0 Å². The van der Waals surface area contributed by atoms with Crippen LogP contribution in [0, 0.1) is 6.92 Å². The Labute approximate surface area is 116 Å². The Morgan fingerprint density at radius 3 is 2.53 bits per heavy atom. The van der Waals surface area contributed by atoms with Crippen LogP contribution in [-0.2, 0) is 4.79 Å². The smallest absolute Gasteiger partial charge is 0.202 e. The summed E-state index contributed by atoms with van der Waals surface area (Å²) in [7, 11) is 0. The van der Waals surface area contributed by atoms with Crippen LogP contribution < -0.4 is 11.5 Å². The molecular weight excluding hydrogens is 262 g/mol. The van der Waals surface area contributed by atoms with Gasteiger partial charge in [-0.15, -0.1) is 0 Å². The number of aliphatic imine (C=N–C) groups is 1. The molecule has 98 valence electrons. The summed E-state index contributed by atoms with van der Waals surface area (Å²) in [6.45, 7) is 3.59. The molecule has 4 nitrogen and oxygen atoms in total. The molecule has 4 N–H and O–H groups in total. The van der Waals surface area contributed by atoms with Crippen LogP contribution in [0.2, 0.25) is 0 Å². The number of carbonyl (C=O) groups is 1. The van der Waals surface area contributed by atoms with E-state index in [1.54, 1.807) is 25.1 Å². The Morgan fingerprint density at radius 1 is 1.21 bits per heavy atom. The number of anilines is 1. The van der Waals surface area contributed by atoms with Crippen molar-refractivity contribution in [3.8, 4) is 0 Å². The molecule has 1 aromatic rings. The monoisotopic (exact) mass is 275 g/mol. The number of halogens is 1. The minimum absolute atomic E-state index is 0.0202. The van der Waals surface area contributed by atoms with Crippen molar-refractivity contribution in [3.05, 3.63) is 46.1 Å². The number of Topliss-reactive ketones (excluding diaryl/α,β-unsaturated/α-hetero) is 1. The van der Waals surface area contributed by atoms with Crippen LogP contribution in [0.1, 0.15) is 12.5 Å². The van der Waals surface area contributed by atoms with Crippen molar-refractivity contribution >= 4 is 34.5 Å². The molecule has 1 aromatic carbocycles. The van der Waals surface area contributed by atoms with Crippen molar-refractivity contribution in [1.82, 2.24) is 0 Å². The van der Waals surface area contributed by atoms with Crippen LogP contribution in [-0.4, -0.2) is 11.5 Å². The molecule has 0 aliphatic heterocycles. The van der Waals surface area contributed by atoms with Gasteiger partial charge >= 0.3 is 0 Å². The van der Waals surface area contributed by atoms with Crippen LogP contribution in [0.25, 0.3) is 0 Å². The summed E-state index contributed by atoms with van der Waals surface area (Å²) < 4.78 is 0. The van der Waals surface area contributed by atoms with Gasteiger partial charge in [0, 0.05) is 11.3 Å². The molecule has 0 aromatic heterocycles. The Hall–Kier alpha value is -2.07. The van der Waals surface area contributed by atoms with Gasteiger partial charge < -0.3 is 11.5 Å². The number of carbonyl (C=O) groups excluding carboxylic acids is 1. The summed E-state index contributed by atoms with van der Waals surface area (Å²) in [5, 5.41) is 0.0202. The first-order valence-corrected chi connectivity index (χ1v) is 6.11. The summed E-state index contributed by atoms with van der Waals surface area (Å²) in [4.78, 5) is 16.1. The third-order valence-corrected chi connectivity index (χ3v) is 3.26. The number of benzene rings is 1. The number of nitrogens with zero attached hydrogens (tertiary/aromatic N) is 1. The SMILES string of the molecule is CC1=CC(=Nc2ccc(N)cc2C)C(N)=C(Cl)C1=O. The third-order valence-electron chi connectivity index (χ3n) is 2.88. The number of hydrogen-bond acceptors (Lipinski definition) is 4. The summed E-state index contributed by atoms with van der Waals surface area (Å²) in [5.41, 5.74) is 15.1. The van der Waals surface area contributed by atoms with Gasteiger partial charge in [-0.2, -0.15) is 0 Å². The molecular formula is C14H14ClN3O. The molecule has 0 unspecified atom stereocenters. The lowest BCUT2D eigenvalue weighted by atomic mass is 10.0. The van der Waals surface area contributed by atoms with Gasteiger partial charge in [0.05, 0.1) is 17.1 Å². The average molecular weight is 276 g/mol. The van der Waals surface area contributed by atoms with E-state index in [0.717, 1.165) is 11.3 Å². The highest BCUT2D eigenvalue weighted by Crippen LogP contribution is 2.25. The lowest BCUT2D eigenvalue weighted by Crippen LogP contribution is -2.20. The molecule has 0 saturated heterocycles. The van der Waals surface area contributed by atoms with Gasteiger partial charge in [-0.05, 0) is 43.7 Å². The second kappa shape index (κ2) is 4.90. The Balaban J connectivity index is 2.52. The lowest BCUT2D eigenvalue weighted by Gasteiger charge is -2.13.